The van der Waals surface area contributed by atoms with Gasteiger partial charge in [0, 0.05) is 30.3 Å². The molecule has 0 fully saturated rings. The van der Waals surface area contributed by atoms with Crippen molar-refractivity contribution in [2.24, 2.45) is 7.05 Å². The van der Waals surface area contributed by atoms with E-state index in [4.69, 9.17) is 4.52 Å². The van der Waals surface area contributed by atoms with Crippen LogP contribution in [0.25, 0.3) is 0 Å². The molecule has 0 saturated carbocycles. The maximum atomic E-state index is 12.4. The van der Waals surface area contributed by atoms with Crippen molar-refractivity contribution in [3.63, 3.8) is 0 Å². The van der Waals surface area contributed by atoms with Gasteiger partial charge in [-0.25, -0.2) is 0 Å². The Hall–Kier alpha value is -2.11. The summed E-state index contributed by atoms with van der Waals surface area (Å²) in [4.78, 5) is 12.4. The van der Waals surface area contributed by atoms with E-state index in [1.165, 1.54) is 11.3 Å². The van der Waals surface area contributed by atoms with Gasteiger partial charge in [-0.05, 0) is 46.5 Å². The van der Waals surface area contributed by atoms with Gasteiger partial charge in [0.2, 0.25) is 5.91 Å². The molecule has 0 radical (unpaired) electrons. The van der Waals surface area contributed by atoms with E-state index in [1.807, 2.05) is 32.5 Å². The molecule has 1 atom stereocenters. The van der Waals surface area contributed by atoms with Gasteiger partial charge in [-0.3, -0.25) is 9.48 Å². The summed E-state index contributed by atoms with van der Waals surface area (Å²) >= 11 is 0. The van der Waals surface area contributed by atoms with E-state index in [-0.39, 0.29) is 11.9 Å². The number of rotatable bonds is 4. The van der Waals surface area contributed by atoms with Gasteiger partial charge in [0.05, 0.1) is 17.4 Å². The maximum Gasteiger partial charge on any atom is 0.220 e. The summed E-state index contributed by atoms with van der Waals surface area (Å²) in [6.07, 6.45) is 4.22. The van der Waals surface area contributed by atoms with Crippen molar-refractivity contribution < 1.29 is 9.32 Å². The summed E-state index contributed by atoms with van der Waals surface area (Å²) in [7, 11) is 1.98. The molecule has 2 aromatic heterocycles. The van der Waals surface area contributed by atoms with Crippen molar-refractivity contribution in [2.75, 3.05) is 0 Å². The summed E-state index contributed by atoms with van der Waals surface area (Å²) in [5.74, 6) is 0.879. The number of nitrogens with zero attached hydrogens (tertiary/aromatic N) is 3. The Morgan fingerprint density at radius 3 is 2.83 bits per heavy atom. The van der Waals surface area contributed by atoms with Crippen molar-refractivity contribution in [1.82, 2.24) is 20.3 Å². The first-order valence-corrected chi connectivity index (χ1v) is 8.21. The van der Waals surface area contributed by atoms with Gasteiger partial charge in [-0.1, -0.05) is 5.16 Å². The first-order valence-electron chi connectivity index (χ1n) is 8.21. The number of hydrogen-bond donors (Lipinski definition) is 1. The average molecular weight is 316 g/mol. The van der Waals surface area contributed by atoms with Crippen molar-refractivity contribution in [3.8, 4) is 0 Å². The summed E-state index contributed by atoms with van der Waals surface area (Å²) in [6.45, 7) is 5.82. The number of amides is 1. The molecule has 2 heterocycles. The zero-order chi connectivity index (χ0) is 16.6. The molecule has 124 valence electrons. The highest BCUT2D eigenvalue weighted by atomic mass is 16.5. The van der Waals surface area contributed by atoms with Crippen LogP contribution in [-0.4, -0.2) is 20.8 Å². The van der Waals surface area contributed by atoms with E-state index in [0.29, 0.717) is 12.8 Å². The average Bonchev–Trinajstić information content (AvgIpc) is 2.98. The van der Waals surface area contributed by atoms with Crippen LogP contribution in [-0.2, 0) is 24.7 Å². The lowest BCUT2D eigenvalue weighted by atomic mass is 9.91. The van der Waals surface area contributed by atoms with Gasteiger partial charge >= 0.3 is 0 Å². The molecule has 0 bridgehead atoms. The fraction of sp³-hybridized carbons (Fsp3) is 0.588. The number of fused-ring (bicyclic) bond motifs is 1. The van der Waals surface area contributed by atoms with Gasteiger partial charge < -0.3 is 9.84 Å². The fourth-order valence-electron chi connectivity index (χ4n) is 3.60. The Morgan fingerprint density at radius 1 is 1.35 bits per heavy atom. The normalized spacial score (nSPS) is 17.1. The number of nitrogens with one attached hydrogen (secondary N) is 1. The van der Waals surface area contributed by atoms with Gasteiger partial charge in [-0.2, -0.15) is 5.10 Å². The zero-order valence-corrected chi connectivity index (χ0v) is 14.3. The second-order valence-corrected chi connectivity index (χ2v) is 6.38. The maximum absolute atomic E-state index is 12.4. The van der Waals surface area contributed by atoms with Gasteiger partial charge in [-0.15, -0.1) is 0 Å². The molecule has 23 heavy (non-hydrogen) atoms. The highest BCUT2D eigenvalue weighted by Gasteiger charge is 2.27. The molecule has 6 nitrogen and oxygen atoms in total. The van der Waals surface area contributed by atoms with Crippen LogP contribution in [0.5, 0.6) is 0 Å². The molecule has 6 heteroatoms. The van der Waals surface area contributed by atoms with Gasteiger partial charge in [0.1, 0.15) is 5.76 Å². The van der Waals surface area contributed by atoms with Crippen molar-refractivity contribution >= 4 is 5.91 Å². The summed E-state index contributed by atoms with van der Waals surface area (Å²) in [5.41, 5.74) is 5.41. The van der Waals surface area contributed by atoms with E-state index in [0.717, 1.165) is 42.0 Å². The highest BCUT2D eigenvalue weighted by Crippen LogP contribution is 2.31. The predicted octanol–water partition coefficient (Wildman–Crippen LogP) is 2.46. The van der Waals surface area contributed by atoms with Crippen LogP contribution in [0.4, 0.5) is 0 Å². The van der Waals surface area contributed by atoms with E-state index < -0.39 is 0 Å². The largest absolute Gasteiger partial charge is 0.361 e. The Bertz CT molecular complexity index is 710. The van der Waals surface area contributed by atoms with Crippen molar-refractivity contribution in [1.29, 1.82) is 0 Å². The monoisotopic (exact) mass is 316 g/mol. The number of aromatic nitrogens is 3. The van der Waals surface area contributed by atoms with E-state index in [2.05, 4.69) is 15.6 Å². The van der Waals surface area contributed by atoms with Crippen LogP contribution in [0.2, 0.25) is 0 Å². The molecule has 1 unspecified atom stereocenters. The van der Waals surface area contributed by atoms with Crippen LogP contribution in [0.1, 0.15) is 59.3 Å². The predicted molar refractivity (Wildman–Crippen MR) is 86.1 cm³/mol. The second kappa shape index (κ2) is 6.18. The first-order chi connectivity index (χ1) is 11.0. The van der Waals surface area contributed by atoms with E-state index >= 15 is 0 Å². The lowest BCUT2D eigenvalue weighted by Crippen LogP contribution is -2.31. The molecule has 1 N–H and O–H groups in total. The Morgan fingerprint density at radius 2 is 2.13 bits per heavy atom. The minimum Gasteiger partial charge on any atom is -0.361 e. The van der Waals surface area contributed by atoms with Crippen molar-refractivity contribution in [2.45, 2.75) is 58.9 Å². The molecule has 1 aliphatic rings. The molecule has 0 aromatic carbocycles. The molecule has 2 aromatic rings. The lowest BCUT2D eigenvalue weighted by molar-refractivity contribution is -0.121. The molecular formula is C17H24N4O2. The molecule has 0 saturated heterocycles. The van der Waals surface area contributed by atoms with Crippen LogP contribution in [0.3, 0.4) is 0 Å². The third-order valence-corrected chi connectivity index (χ3v) is 4.76. The molecule has 1 aliphatic carbocycles. The molecule has 3 rings (SSSR count). The summed E-state index contributed by atoms with van der Waals surface area (Å²) in [5, 5.41) is 11.6. The molecular weight excluding hydrogens is 292 g/mol. The SMILES string of the molecule is Cc1noc(C)c1CCC(=O)NC1CCCc2c1c(C)nn2C. The quantitative estimate of drug-likeness (QED) is 0.940. The standard InChI is InChI=1S/C17H24N4O2/c1-10-13(12(3)23-20-10)8-9-16(22)18-14-6-5-7-15-17(14)11(2)19-21(15)4/h14H,5-9H2,1-4H3,(H,18,22). The minimum atomic E-state index is 0.0751. The molecule has 1 amide bonds. The number of aryl methyl sites for hydroxylation is 4. The fourth-order valence-corrected chi connectivity index (χ4v) is 3.60. The molecule has 0 aliphatic heterocycles. The van der Waals surface area contributed by atoms with E-state index in [1.54, 1.807) is 0 Å². The molecule has 0 spiro atoms. The van der Waals surface area contributed by atoms with Crippen LogP contribution in [0.15, 0.2) is 4.52 Å². The highest BCUT2D eigenvalue weighted by molar-refractivity contribution is 5.77. The third kappa shape index (κ3) is 3.02. The number of carbonyl (C=O) groups excluding carboxylic acids is 1. The Kier molecular flexibility index (Phi) is 4.24. The smallest absolute Gasteiger partial charge is 0.220 e. The van der Waals surface area contributed by atoms with E-state index in [9.17, 15) is 4.79 Å². The summed E-state index contributed by atoms with van der Waals surface area (Å²) < 4.78 is 7.10. The Labute approximate surface area is 136 Å². The Balaban J connectivity index is 1.65. The first kappa shape index (κ1) is 15.8. The van der Waals surface area contributed by atoms with Crippen molar-refractivity contribution in [3.05, 3.63) is 34.0 Å². The summed E-state index contributed by atoms with van der Waals surface area (Å²) in [6, 6.07) is 0.0876. The second-order valence-electron chi connectivity index (χ2n) is 6.38. The van der Waals surface area contributed by atoms with Crippen LogP contribution in [0, 0.1) is 20.8 Å². The van der Waals surface area contributed by atoms with Gasteiger partial charge in [0.25, 0.3) is 0 Å². The lowest BCUT2D eigenvalue weighted by Gasteiger charge is -2.24. The van der Waals surface area contributed by atoms with Crippen LogP contribution < -0.4 is 5.32 Å². The zero-order valence-electron chi connectivity index (χ0n) is 14.3. The van der Waals surface area contributed by atoms with Crippen LogP contribution >= 0.6 is 0 Å². The number of carbonyl (C=O) groups is 1. The topological polar surface area (TPSA) is 73.0 Å². The minimum absolute atomic E-state index is 0.0751. The van der Waals surface area contributed by atoms with Gasteiger partial charge in [0.15, 0.2) is 0 Å². The number of hydrogen-bond acceptors (Lipinski definition) is 4. The third-order valence-electron chi connectivity index (χ3n) is 4.76.